The van der Waals surface area contributed by atoms with E-state index in [4.69, 9.17) is 9.47 Å². The van der Waals surface area contributed by atoms with Crippen molar-refractivity contribution in [1.82, 2.24) is 9.21 Å². The molecule has 7 nitrogen and oxygen atoms in total. The highest BCUT2D eigenvalue weighted by molar-refractivity contribution is 7.89. The van der Waals surface area contributed by atoms with E-state index < -0.39 is 10.0 Å². The number of hydrogen-bond donors (Lipinski definition) is 0. The molecule has 0 bridgehead atoms. The molecule has 1 amide bonds. The maximum absolute atomic E-state index is 13.4. The Morgan fingerprint density at radius 1 is 0.879 bits per heavy atom. The van der Waals surface area contributed by atoms with E-state index in [-0.39, 0.29) is 16.8 Å². The van der Waals surface area contributed by atoms with E-state index >= 15 is 0 Å². The number of ether oxygens (including phenoxy) is 2. The van der Waals surface area contributed by atoms with Gasteiger partial charge in [-0.2, -0.15) is 4.31 Å². The van der Waals surface area contributed by atoms with Crippen molar-refractivity contribution in [2.24, 2.45) is 0 Å². The summed E-state index contributed by atoms with van der Waals surface area (Å²) in [6.07, 6.45) is 5.62. The van der Waals surface area contributed by atoms with Gasteiger partial charge in [0.15, 0.2) is 0 Å². The third-order valence-corrected chi connectivity index (χ3v) is 8.53. The van der Waals surface area contributed by atoms with Gasteiger partial charge in [-0.05, 0) is 68.1 Å². The molecule has 2 saturated heterocycles. The number of nitrogens with zero attached hydrogens (tertiary/aromatic N) is 2. The van der Waals surface area contributed by atoms with Gasteiger partial charge in [-0.25, -0.2) is 8.42 Å². The first-order valence-corrected chi connectivity index (χ1v) is 13.0. The molecule has 0 radical (unpaired) electrons. The van der Waals surface area contributed by atoms with Gasteiger partial charge in [0.1, 0.15) is 11.5 Å². The Balaban J connectivity index is 1.56. The van der Waals surface area contributed by atoms with Crippen molar-refractivity contribution in [3.05, 3.63) is 53.6 Å². The number of carbonyl (C=O) groups excluding carboxylic acids is 1. The zero-order valence-corrected chi connectivity index (χ0v) is 20.1. The van der Waals surface area contributed by atoms with Crippen molar-refractivity contribution in [3.8, 4) is 11.5 Å². The molecule has 0 spiro atoms. The van der Waals surface area contributed by atoms with Gasteiger partial charge in [-0.15, -0.1) is 0 Å². The van der Waals surface area contributed by atoms with Crippen LogP contribution in [-0.2, 0) is 10.0 Å². The molecule has 178 valence electrons. The molecule has 0 aliphatic carbocycles. The molecule has 8 heteroatoms. The van der Waals surface area contributed by atoms with Gasteiger partial charge in [-0.1, -0.05) is 12.8 Å². The smallest absolute Gasteiger partial charge is 0.254 e. The van der Waals surface area contributed by atoms with E-state index in [2.05, 4.69) is 0 Å². The quantitative estimate of drug-likeness (QED) is 0.628. The summed E-state index contributed by atoms with van der Waals surface area (Å²) in [5.74, 6) is 1.33. The second-order valence-corrected chi connectivity index (χ2v) is 10.5. The van der Waals surface area contributed by atoms with Crippen molar-refractivity contribution in [1.29, 1.82) is 0 Å². The van der Waals surface area contributed by atoms with Crippen LogP contribution in [0.15, 0.2) is 47.4 Å². The van der Waals surface area contributed by atoms with E-state index in [1.54, 1.807) is 42.8 Å². The molecular weight excluding hydrogens is 440 g/mol. The number of carbonyl (C=O) groups is 1. The Bertz CT molecular complexity index is 1080. The molecule has 2 aromatic carbocycles. The Kier molecular flexibility index (Phi) is 7.24. The average molecular weight is 473 g/mol. The zero-order chi connectivity index (χ0) is 23.4. The van der Waals surface area contributed by atoms with Crippen LogP contribution in [0.2, 0.25) is 0 Å². The van der Waals surface area contributed by atoms with Gasteiger partial charge in [0.25, 0.3) is 5.91 Å². The van der Waals surface area contributed by atoms with Crippen LogP contribution in [0.1, 0.15) is 60.5 Å². The zero-order valence-electron chi connectivity index (χ0n) is 19.3. The molecule has 2 heterocycles. The third kappa shape index (κ3) is 4.87. The number of likely N-dealkylation sites (tertiary alicyclic amines) is 1. The highest BCUT2D eigenvalue weighted by Gasteiger charge is 2.33. The van der Waals surface area contributed by atoms with Crippen molar-refractivity contribution in [2.45, 2.75) is 49.5 Å². The van der Waals surface area contributed by atoms with Crippen molar-refractivity contribution >= 4 is 15.9 Å². The fraction of sp³-hybridized carbons (Fsp3) is 0.480. The molecule has 1 unspecified atom stereocenters. The van der Waals surface area contributed by atoms with Crippen LogP contribution in [0.4, 0.5) is 0 Å². The molecule has 4 rings (SSSR count). The van der Waals surface area contributed by atoms with E-state index in [1.165, 1.54) is 0 Å². The van der Waals surface area contributed by atoms with Crippen LogP contribution in [0, 0.1) is 0 Å². The fourth-order valence-corrected chi connectivity index (χ4v) is 6.32. The highest BCUT2D eigenvalue weighted by atomic mass is 32.2. The lowest BCUT2D eigenvalue weighted by Gasteiger charge is -2.27. The summed E-state index contributed by atoms with van der Waals surface area (Å²) in [6, 6.07) is 11.9. The van der Waals surface area contributed by atoms with Gasteiger partial charge in [0, 0.05) is 30.8 Å². The molecule has 2 aliphatic heterocycles. The summed E-state index contributed by atoms with van der Waals surface area (Å²) in [5.41, 5.74) is 1.40. The van der Waals surface area contributed by atoms with Crippen LogP contribution < -0.4 is 9.47 Å². The minimum atomic E-state index is -3.54. The molecule has 33 heavy (non-hydrogen) atoms. The molecule has 0 saturated carbocycles. The minimum Gasteiger partial charge on any atom is -0.497 e. The number of hydrogen-bond acceptors (Lipinski definition) is 5. The number of rotatable bonds is 6. The third-order valence-electron chi connectivity index (χ3n) is 6.61. The normalized spacial score (nSPS) is 19.8. The van der Waals surface area contributed by atoms with E-state index in [9.17, 15) is 13.2 Å². The maximum Gasteiger partial charge on any atom is 0.254 e. The lowest BCUT2D eigenvalue weighted by Crippen LogP contribution is -2.32. The van der Waals surface area contributed by atoms with Gasteiger partial charge < -0.3 is 14.4 Å². The topological polar surface area (TPSA) is 76.1 Å². The second kappa shape index (κ2) is 10.1. The van der Waals surface area contributed by atoms with Crippen LogP contribution in [-0.4, -0.2) is 57.4 Å². The lowest BCUT2D eigenvalue weighted by atomic mass is 10.0. The van der Waals surface area contributed by atoms with Crippen LogP contribution in [0.3, 0.4) is 0 Å². The largest absolute Gasteiger partial charge is 0.497 e. The Labute approximate surface area is 196 Å². The number of methoxy groups -OCH3 is 2. The Morgan fingerprint density at radius 3 is 2.21 bits per heavy atom. The SMILES string of the molecule is COc1ccc(OC)c(C2CCCN2C(=O)c2ccc(S(=O)(=O)N3CCCCCC3)cc2)c1. The first-order chi connectivity index (χ1) is 16.0. The van der Waals surface area contributed by atoms with Gasteiger partial charge in [0.2, 0.25) is 10.0 Å². The predicted octanol–water partition coefficient (Wildman–Crippen LogP) is 4.25. The summed E-state index contributed by atoms with van der Waals surface area (Å²) in [4.78, 5) is 15.5. The number of benzene rings is 2. The highest BCUT2D eigenvalue weighted by Crippen LogP contribution is 2.39. The molecule has 2 aliphatic rings. The molecule has 1 atom stereocenters. The number of amides is 1. The average Bonchev–Trinajstić information content (AvgIpc) is 3.16. The van der Waals surface area contributed by atoms with Gasteiger partial charge in [0.05, 0.1) is 25.2 Å². The van der Waals surface area contributed by atoms with Crippen LogP contribution >= 0.6 is 0 Å². The summed E-state index contributed by atoms with van der Waals surface area (Å²) in [5, 5.41) is 0. The summed E-state index contributed by atoms with van der Waals surface area (Å²) in [6.45, 7) is 1.75. The molecule has 2 fully saturated rings. The molecule has 0 N–H and O–H groups in total. The van der Waals surface area contributed by atoms with Crippen molar-refractivity contribution in [2.75, 3.05) is 33.9 Å². The van der Waals surface area contributed by atoms with Gasteiger partial charge >= 0.3 is 0 Å². The monoisotopic (exact) mass is 472 g/mol. The second-order valence-electron chi connectivity index (χ2n) is 8.61. The first-order valence-electron chi connectivity index (χ1n) is 11.6. The van der Waals surface area contributed by atoms with Crippen LogP contribution in [0.25, 0.3) is 0 Å². The minimum absolute atomic E-state index is 0.110. The van der Waals surface area contributed by atoms with Gasteiger partial charge in [-0.3, -0.25) is 4.79 Å². The van der Waals surface area contributed by atoms with E-state index in [0.29, 0.717) is 30.9 Å². The summed E-state index contributed by atoms with van der Waals surface area (Å²) < 4.78 is 38.6. The summed E-state index contributed by atoms with van der Waals surface area (Å²) >= 11 is 0. The predicted molar refractivity (Wildman–Crippen MR) is 126 cm³/mol. The molecule has 0 aromatic heterocycles. The molecule has 2 aromatic rings. The fourth-order valence-electron chi connectivity index (χ4n) is 4.80. The standard InChI is InChI=1S/C25H32N2O5S/c1-31-20-11-14-24(32-2)22(18-20)23-8-7-17-27(23)25(28)19-9-12-21(13-10-19)33(29,30)26-15-5-3-4-6-16-26/h9-14,18,23H,3-8,15-17H2,1-2H3. The van der Waals surface area contributed by atoms with Crippen LogP contribution in [0.5, 0.6) is 11.5 Å². The van der Waals surface area contributed by atoms with E-state index in [1.807, 2.05) is 23.1 Å². The maximum atomic E-state index is 13.4. The summed E-state index contributed by atoms with van der Waals surface area (Å²) in [7, 11) is -0.303. The Morgan fingerprint density at radius 2 is 1.58 bits per heavy atom. The Hall–Kier alpha value is -2.58. The van der Waals surface area contributed by atoms with Crippen molar-refractivity contribution < 1.29 is 22.7 Å². The molecular formula is C25H32N2O5S. The first kappa shape index (κ1) is 23.6. The van der Waals surface area contributed by atoms with Crippen molar-refractivity contribution in [3.63, 3.8) is 0 Å². The number of sulfonamides is 1. The lowest BCUT2D eigenvalue weighted by molar-refractivity contribution is 0.0734. The van der Waals surface area contributed by atoms with E-state index in [0.717, 1.165) is 49.8 Å².